The van der Waals surface area contributed by atoms with Gasteiger partial charge in [0, 0.05) is 12.1 Å². The van der Waals surface area contributed by atoms with Crippen molar-refractivity contribution in [2.24, 2.45) is 0 Å². The number of methoxy groups -OCH3 is 2. The van der Waals surface area contributed by atoms with Gasteiger partial charge in [-0.1, -0.05) is 24.3 Å². The summed E-state index contributed by atoms with van der Waals surface area (Å²) in [5.41, 5.74) is 4.37. The fraction of sp³-hybridized carbons (Fsp3) is 0.259. The van der Waals surface area contributed by atoms with Crippen LogP contribution < -0.4 is 24.4 Å². The first kappa shape index (κ1) is 23.2. The Morgan fingerprint density at radius 2 is 1.71 bits per heavy atom. The number of anilines is 1. The molecule has 0 aliphatic carbocycles. The van der Waals surface area contributed by atoms with Crippen molar-refractivity contribution in [3.05, 3.63) is 82.9 Å². The van der Waals surface area contributed by atoms with E-state index in [2.05, 4.69) is 5.32 Å². The highest BCUT2D eigenvalue weighted by Gasteiger charge is 2.25. The third-order valence-electron chi connectivity index (χ3n) is 5.76. The van der Waals surface area contributed by atoms with Crippen molar-refractivity contribution in [1.29, 1.82) is 0 Å². The smallest absolute Gasteiger partial charge is 0.265 e. The first-order chi connectivity index (χ1) is 16.5. The van der Waals surface area contributed by atoms with Gasteiger partial charge in [0.2, 0.25) is 0 Å². The van der Waals surface area contributed by atoms with E-state index in [4.69, 9.17) is 14.2 Å². The number of amides is 2. The van der Waals surface area contributed by atoms with Crippen molar-refractivity contribution in [2.45, 2.75) is 19.9 Å². The summed E-state index contributed by atoms with van der Waals surface area (Å²) in [5.74, 6) is 1.81. The Morgan fingerprint density at radius 1 is 0.971 bits per heavy atom. The minimum atomic E-state index is -0.143. The van der Waals surface area contributed by atoms with Crippen LogP contribution in [0.25, 0.3) is 0 Å². The summed E-state index contributed by atoms with van der Waals surface area (Å²) in [6.45, 7) is 2.92. The van der Waals surface area contributed by atoms with Crippen molar-refractivity contribution >= 4 is 17.5 Å². The van der Waals surface area contributed by atoms with E-state index in [1.54, 1.807) is 31.3 Å². The summed E-state index contributed by atoms with van der Waals surface area (Å²) in [5, 5.41) is 2.95. The van der Waals surface area contributed by atoms with Crippen LogP contribution in [0, 0.1) is 6.92 Å². The lowest BCUT2D eigenvalue weighted by molar-refractivity contribution is -0.121. The van der Waals surface area contributed by atoms with Gasteiger partial charge in [0.15, 0.2) is 18.1 Å². The summed E-state index contributed by atoms with van der Waals surface area (Å²) in [6.07, 6.45) is 0.669. The van der Waals surface area contributed by atoms with Gasteiger partial charge in [0.05, 0.1) is 26.5 Å². The average molecular weight is 461 g/mol. The van der Waals surface area contributed by atoms with Crippen LogP contribution in [0.4, 0.5) is 5.69 Å². The number of benzene rings is 3. The zero-order valence-electron chi connectivity index (χ0n) is 19.6. The molecule has 0 spiro atoms. The molecule has 0 saturated carbocycles. The minimum Gasteiger partial charge on any atom is -0.493 e. The van der Waals surface area contributed by atoms with Crippen molar-refractivity contribution in [3.8, 4) is 17.2 Å². The SMILES string of the molecule is COc1ccc(CCNC(=O)c2ccc(CN3C(=O)COc4ccc(C)cc43)cc2)cc1OC. The Hall–Kier alpha value is -4.00. The molecule has 1 aliphatic rings. The number of carbonyl (C=O) groups excluding carboxylic acids is 2. The minimum absolute atomic E-state index is 0.0244. The number of rotatable bonds is 8. The molecule has 0 radical (unpaired) electrons. The quantitative estimate of drug-likeness (QED) is 0.552. The van der Waals surface area contributed by atoms with E-state index in [1.807, 2.05) is 55.5 Å². The van der Waals surface area contributed by atoms with Gasteiger partial charge < -0.3 is 24.4 Å². The highest BCUT2D eigenvalue weighted by Crippen LogP contribution is 2.34. The molecule has 1 heterocycles. The molecule has 7 heteroatoms. The van der Waals surface area contributed by atoms with Crippen molar-refractivity contribution in [3.63, 3.8) is 0 Å². The van der Waals surface area contributed by atoms with E-state index >= 15 is 0 Å². The number of nitrogens with one attached hydrogen (secondary N) is 1. The molecule has 0 atom stereocenters. The number of hydrogen-bond donors (Lipinski definition) is 1. The number of aryl methyl sites for hydroxylation is 1. The lowest BCUT2D eigenvalue weighted by atomic mass is 10.1. The van der Waals surface area contributed by atoms with Crippen LogP contribution >= 0.6 is 0 Å². The highest BCUT2D eigenvalue weighted by molar-refractivity contribution is 5.98. The second-order valence-electron chi connectivity index (χ2n) is 8.13. The van der Waals surface area contributed by atoms with Crippen LogP contribution in [-0.4, -0.2) is 39.2 Å². The normalized spacial score (nSPS) is 12.6. The molecule has 3 aromatic rings. The molecule has 0 unspecified atom stereocenters. The highest BCUT2D eigenvalue weighted by atomic mass is 16.5. The van der Waals surface area contributed by atoms with Gasteiger partial charge in [0.25, 0.3) is 11.8 Å². The fourth-order valence-electron chi connectivity index (χ4n) is 3.89. The number of hydrogen-bond acceptors (Lipinski definition) is 5. The van der Waals surface area contributed by atoms with Crippen LogP contribution in [-0.2, 0) is 17.8 Å². The number of ether oxygens (including phenoxy) is 3. The zero-order valence-corrected chi connectivity index (χ0v) is 19.6. The van der Waals surface area contributed by atoms with Gasteiger partial charge in [-0.05, 0) is 66.4 Å². The summed E-state index contributed by atoms with van der Waals surface area (Å²) in [7, 11) is 3.20. The van der Waals surface area contributed by atoms with Crippen LogP contribution in [0.15, 0.2) is 60.7 Å². The number of fused-ring (bicyclic) bond motifs is 1. The van der Waals surface area contributed by atoms with Crippen molar-refractivity contribution < 1.29 is 23.8 Å². The fourth-order valence-corrected chi connectivity index (χ4v) is 3.89. The molecule has 34 heavy (non-hydrogen) atoms. The summed E-state index contributed by atoms with van der Waals surface area (Å²) >= 11 is 0. The average Bonchev–Trinajstić information content (AvgIpc) is 2.86. The van der Waals surface area contributed by atoms with E-state index in [0.717, 1.165) is 22.4 Å². The molecule has 176 valence electrons. The van der Waals surface area contributed by atoms with E-state index in [9.17, 15) is 9.59 Å². The maximum Gasteiger partial charge on any atom is 0.265 e. The summed E-state index contributed by atoms with van der Waals surface area (Å²) in [6, 6.07) is 18.8. The van der Waals surface area contributed by atoms with Gasteiger partial charge >= 0.3 is 0 Å². The maximum absolute atomic E-state index is 12.6. The van der Waals surface area contributed by atoms with Gasteiger partial charge in [-0.25, -0.2) is 0 Å². The molecule has 2 amide bonds. The Kier molecular flexibility index (Phi) is 7.01. The molecule has 0 aromatic heterocycles. The van der Waals surface area contributed by atoms with Crippen LogP contribution in [0.3, 0.4) is 0 Å². The van der Waals surface area contributed by atoms with Gasteiger partial charge in [-0.3, -0.25) is 9.59 Å². The molecule has 0 saturated heterocycles. The third kappa shape index (κ3) is 5.14. The lowest BCUT2D eigenvalue weighted by Gasteiger charge is -2.29. The second kappa shape index (κ2) is 10.3. The first-order valence-electron chi connectivity index (χ1n) is 11.1. The van der Waals surface area contributed by atoms with E-state index < -0.39 is 0 Å². The molecule has 7 nitrogen and oxygen atoms in total. The molecule has 1 aliphatic heterocycles. The number of carbonyl (C=O) groups is 2. The molecule has 3 aromatic carbocycles. The van der Waals surface area contributed by atoms with E-state index in [-0.39, 0.29) is 18.4 Å². The van der Waals surface area contributed by atoms with Crippen LogP contribution in [0.2, 0.25) is 0 Å². The van der Waals surface area contributed by atoms with Crippen molar-refractivity contribution in [1.82, 2.24) is 5.32 Å². The zero-order chi connectivity index (χ0) is 24.1. The molecule has 0 bridgehead atoms. The Bertz CT molecular complexity index is 1190. The summed E-state index contributed by atoms with van der Waals surface area (Å²) < 4.78 is 16.1. The second-order valence-corrected chi connectivity index (χ2v) is 8.13. The van der Waals surface area contributed by atoms with Gasteiger partial charge in [-0.15, -0.1) is 0 Å². The topological polar surface area (TPSA) is 77.1 Å². The third-order valence-corrected chi connectivity index (χ3v) is 5.76. The molecular weight excluding hydrogens is 432 g/mol. The van der Waals surface area contributed by atoms with Crippen molar-refractivity contribution in [2.75, 3.05) is 32.3 Å². The maximum atomic E-state index is 12.6. The molecule has 1 N–H and O–H groups in total. The first-order valence-corrected chi connectivity index (χ1v) is 11.1. The predicted octanol–water partition coefficient (Wildman–Crippen LogP) is 3.91. The Balaban J connectivity index is 1.35. The Labute approximate surface area is 199 Å². The monoisotopic (exact) mass is 460 g/mol. The molecule has 0 fully saturated rings. The molecular formula is C27H28N2O5. The predicted molar refractivity (Wildman–Crippen MR) is 130 cm³/mol. The van der Waals surface area contributed by atoms with Gasteiger partial charge in [-0.2, -0.15) is 0 Å². The van der Waals surface area contributed by atoms with E-state index in [1.165, 1.54) is 0 Å². The standard InChI is InChI=1S/C27H28N2O5/c1-18-4-10-23-22(14-18)29(26(30)17-34-23)16-20-5-8-21(9-6-20)27(31)28-13-12-19-7-11-24(32-2)25(15-19)33-3/h4-11,14-15H,12-13,16-17H2,1-3H3,(H,28,31). The van der Waals surface area contributed by atoms with Crippen LogP contribution in [0.5, 0.6) is 17.2 Å². The van der Waals surface area contributed by atoms with Gasteiger partial charge in [0.1, 0.15) is 5.75 Å². The Morgan fingerprint density at radius 3 is 2.44 bits per heavy atom. The summed E-state index contributed by atoms with van der Waals surface area (Å²) in [4.78, 5) is 26.8. The van der Waals surface area contributed by atoms with E-state index in [0.29, 0.717) is 42.3 Å². The molecule has 4 rings (SSSR count). The largest absolute Gasteiger partial charge is 0.493 e. The lowest BCUT2D eigenvalue weighted by Crippen LogP contribution is -2.38. The van der Waals surface area contributed by atoms with Crippen LogP contribution in [0.1, 0.15) is 27.0 Å². The number of nitrogens with zero attached hydrogens (tertiary/aromatic N) is 1.